The van der Waals surface area contributed by atoms with E-state index in [4.69, 9.17) is 34.8 Å². The number of fused-ring (bicyclic) bond motifs is 1. The maximum Gasteiger partial charge on any atom is 0.329 e. The molecule has 0 saturated carbocycles. The van der Waals surface area contributed by atoms with Crippen LogP contribution in [-0.4, -0.2) is 42.2 Å². The normalized spacial score (nSPS) is 13.2. The number of carbonyl (C=O) groups excluding carboxylic acids is 1. The number of aromatic nitrogens is 1. The Kier molecular flexibility index (Phi) is 7.72. The summed E-state index contributed by atoms with van der Waals surface area (Å²) in [5, 5.41) is 14.1. The van der Waals surface area contributed by atoms with Gasteiger partial charge in [0.25, 0.3) is 5.91 Å². The zero-order chi connectivity index (χ0) is 27.8. The van der Waals surface area contributed by atoms with Crippen molar-refractivity contribution in [1.29, 1.82) is 0 Å². The van der Waals surface area contributed by atoms with E-state index in [9.17, 15) is 23.1 Å². The highest BCUT2D eigenvalue weighted by atomic mass is 35.5. The molecule has 1 aromatic heterocycles. The molecule has 0 aliphatic rings. The first-order chi connectivity index (χ1) is 17.8. The van der Waals surface area contributed by atoms with Crippen LogP contribution in [0.15, 0.2) is 71.6 Å². The molecule has 3 aromatic carbocycles. The van der Waals surface area contributed by atoms with Crippen LogP contribution < -0.4 is 5.32 Å². The van der Waals surface area contributed by atoms with Crippen LogP contribution >= 0.6 is 34.8 Å². The van der Waals surface area contributed by atoms with Gasteiger partial charge in [-0.3, -0.25) is 4.79 Å². The van der Waals surface area contributed by atoms with Crippen molar-refractivity contribution in [1.82, 2.24) is 10.3 Å². The average Bonchev–Trinajstić information content (AvgIpc) is 2.83. The molecule has 4 rings (SSSR count). The van der Waals surface area contributed by atoms with Crippen molar-refractivity contribution in [2.24, 2.45) is 0 Å². The zero-order valence-electron chi connectivity index (χ0n) is 20.1. The van der Waals surface area contributed by atoms with E-state index in [0.717, 1.165) is 17.7 Å². The highest BCUT2D eigenvalue weighted by molar-refractivity contribution is 7.90. The van der Waals surface area contributed by atoms with Gasteiger partial charge in [-0.2, -0.15) is 0 Å². The maximum atomic E-state index is 12.9. The Balaban J connectivity index is 1.61. The molecule has 196 valence electrons. The van der Waals surface area contributed by atoms with Crippen molar-refractivity contribution < 1.29 is 23.1 Å². The van der Waals surface area contributed by atoms with Crippen molar-refractivity contribution in [2.75, 3.05) is 6.26 Å². The number of hydrogen-bond acceptors (Lipinski definition) is 5. The van der Waals surface area contributed by atoms with Gasteiger partial charge in [-0.15, -0.1) is 0 Å². The molecule has 0 unspecified atom stereocenters. The quantitative estimate of drug-likeness (QED) is 0.269. The lowest BCUT2D eigenvalue weighted by molar-refractivity contribution is -0.143. The third-order valence-corrected chi connectivity index (χ3v) is 8.06. The second-order valence-electron chi connectivity index (χ2n) is 9.00. The first-order valence-corrected chi connectivity index (χ1v) is 14.2. The molecule has 1 heterocycles. The molecule has 11 heteroatoms. The van der Waals surface area contributed by atoms with Crippen molar-refractivity contribution >= 4 is 67.4 Å². The molecule has 2 N–H and O–H groups in total. The molecular formula is C27H21Cl3N2O5S. The van der Waals surface area contributed by atoms with Gasteiger partial charge in [-0.25, -0.2) is 18.2 Å². The number of rotatable bonds is 7. The number of pyridine rings is 1. The summed E-state index contributed by atoms with van der Waals surface area (Å²) < 4.78 is 23.5. The van der Waals surface area contributed by atoms with Crippen LogP contribution in [-0.2, 0) is 21.1 Å². The van der Waals surface area contributed by atoms with Gasteiger partial charge in [0.2, 0.25) is 0 Å². The summed E-state index contributed by atoms with van der Waals surface area (Å²) in [5.41, 5.74) is 0.781. The summed E-state index contributed by atoms with van der Waals surface area (Å²) in [6.07, 6.45) is 0.979. The molecular weight excluding hydrogens is 571 g/mol. The predicted molar refractivity (Wildman–Crippen MR) is 149 cm³/mol. The highest BCUT2D eigenvalue weighted by Crippen LogP contribution is 2.34. The van der Waals surface area contributed by atoms with E-state index in [1.165, 1.54) is 19.1 Å². The minimum absolute atomic E-state index is 0.0405. The number of carbonyl (C=O) groups is 2. The van der Waals surface area contributed by atoms with Gasteiger partial charge >= 0.3 is 5.97 Å². The molecule has 1 atom stereocenters. The molecule has 0 bridgehead atoms. The number of halogens is 3. The van der Waals surface area contributed by atoms with Crippen molar-refractivity contribution in [3.05, 3.63) is 92.9 Å². The van der Waals surface area contributed by atoms with E-state index >= 15 is 0 Å². The Morgan fingerprint density at radius 1 is 0.947 bits per heavy atom. The van der Waals surface area contributed by atoms with E-state index < -0.39 is 27.3 Å². The molecule has 0 fully saturated rings. The largest absolute Gasteiger partial charge is 0.480 e. The van der Waals surface area contributed by atoms with Crippen molar-refractivity contribution in [2.45, 2.75) is 23.8 Å². The van der Waals surface area contributed by atoms with E-state index in [0.29, 0.717) is 32.4 Å². The molecule has 4 aromatic rings. The molecule has 0 saturated heterocycles. The highest BCUT2D eigenvalue weighted by Gasteiger charge is 2.36. The number of benzene rings is 3. The van der Waals surface area contributed by atoms with E-state index in [2.05, 4.69) is 10.3 Å². The van der Waals surface area contributed by atoms with Gasteiger partial charge in [0, 0.05) is 23.6 Å². The van der Waals surface area contributed by atoms with E-state index in [1.54, 1.807) is 42.5 Å². The lowest BCUT2D eigenvalue weighted by Gasteiger charge is -2.27. The van der Waals surface area contributed by atoms with Crippen LogP contribution in [0.25, 0.3) is 22.2 Å². The minimum atomic E-state index is -3.53. The van der Waals surface area contributed by atoms with Gasteiger partial charge in [0.05, 0.1) is 36.7 Å². The summed E-state index contributed by atoms with van der Waals surface area (Å²) in [5.74, 6) is -2.00. The first-order valence-electron chi connectivity index (χ1n) is 11.2. The number of nitrogens with one attached hydrogen (secondary N) is 1. The van der Waals surface area contributed by atoms with Gasteiger partial charge in [-0.05, 0) is 61.0 Å². The third-order valence-electron chi connectivity index (χ3n) is 6.00. The molecule has 38 heavy (non-hydrogen) atoms. The first kappa shape index (κ1) is 27.9. The van der Waals surface area contributed by atoms with Gasteiger partial charge in [-0.1, -0.05) is 53.0 Å². The van der Waals surface area contributed by atoms with Crippen LogP contribution in [0.3, 0.4) is 0 Å². The van der Waals surface area contributed by atoms with Crippen LogP contribution in [0.1, 0.15) is 22.8 Å². The number of aliphatic carboxylic acids is 1. The Morgan fingerprint density at radius 3 is 2.24 bits per heavy atom. The maximum absolute atomic E-state index is 12.9. The second-order valence-corrected chi connectivity index (χ2v) is 12.2. The summed E-state index contributed by atoms with van der Waals surface area (Å²) in [4.78, 5) is 29.8. The Morgan fingerprint density at radius 2 is 1.63 bits per heavy atom. The fourth-order valence-electron chi connectivity index (χ4n) is 3.98. The molecule has 0 aliphatic carbocycles. The van der Waals surface area contributed by atoms with Crippen LogP contribution in [0.4, 0.5) is 0 Å². The Bertz CT molecular complexity index is 1690. The number of carboxylic acid groups (broad SMARTS) is 1. The zero-order valence-corrected chi connectivity index (χ0v) is 23.2. The summed E-state index contributed by atoms with van der Waals surface area (Å²) in [6, 6.07) is 17.7. The minimum Gasteiger partial charge on any atom is -0.480 e. The second kappa shape index (κ2) is 10.5. The number of sulfone groups is 1. The molecule has 0 spiro atoms. The number of carboxylic acids is 1. The number of hydrogen-bond donors (Lipinski definition) is 2. The average molecular weight is 592 g/mol. The summed E-state index contributed by atoms with van der Waals surface area (Å²) in [6.45, 7) is 1.39. The standard InChI is InChI=1S/C27H21Cl3N2O5S/c1-27(26(34)35,32-25(33)18-9-8-17(13-21(18)30)38(2,36)37)14-15-6-10-22-16(12-15)7-11-23(31-22)24-19(28)4-3-5-20(24)29/h3-13H,14H2,1-2H3,(H,32,33)(H,34,35)/t27-/m0/s1. The van der Waals surface area contributed by atoms with E-state index in [-0.39, 0.29) is 21.9 Å². The number of nitrogens with zero attached hydrogens (tertiary/aromatic N) is 1. The van der Waals surface area contributed by atoms with Gasteiger partial charge in [0.1, 0.15) is 5.54 Å². The van der Waals surface area contributed by atoms with Crippen LogP contribution in [0, 0.1) is 0 Å². The fraction of sp³-hybridized carbons (Fsp3) is 0.148. The molecule has 0 aliphatic heterocycles. The topological polar surface area (TPSA) is 113 Å². The molecule has 1 amide bonds. The van der Waals surface area contributed by atoms with Crippen LogP contribution in [0.5, 0.6) is 0 Å². The predicted octanol–water partition coefficient (Wildman–Crippen LogP) is 6.08. The fourth-order valence-corrected chi connectivity index (χ4v) is 5.55. The van der Waals surface area contributed by atoms with E-state index in [1.807, 2.05) is 6.07 Å². The molecule has 0 radical (unpaired) electrons. The third kappa shape index (κ3) is 5.78. The monoisotopic (exact) mass is 590 g/mol. The van der Waals surface area contributed by atoms with Gasteiger partial charge in [0.15, 0.2) is 9.84 Å². The lowest BCUT2D eigenvalue weighted by atomic mass is 9.91. The number of amides is 1. The Hall–Kier alpha value is -3.17. The smallest absolute Gasteiger partial charge is 0.329 e. The molecule has 7 nitrogen and oxygen atoms in total. The summed E-state index contributed by atoms with van der Waals surface area (Å²) >= 11 is 18.8. The summed E-state index contributed by atoms with van der Waals surface area (Å²) in [7, 11) is -3.53. The SMILES string of the molecule is C[C@@](Cc1ccc2nc(-c3c(Cl)cccc3Cl)ccc2c1)(NC(=O)c1ccc(S(C)(=O)=O)cc1Cl)C(=O)O. The van der Waals surface area contributed by atoms with Crippen molar-refractivity contribution in [3.63, 3.8) is 0 Å². The lowest BCUT2D eigenvalue weighted by Crippen LogP contribution is -2.53. The Labute approximate surface area is 234 Å². The van der Waals surface area contributed by atoms with Crippen molar-refractivity contribution in [3.8, 4) is 11.3 Å². The van der Waals surface area contributed by atoms with Gasteiger partial charge < -0.3 is 10.4 Å². The van der Waals surface area contributed by atoms with Crippen LogP contribution in [0.2, 0.25) is 15.1 Å².